The summed E-state index contributed by atoms with van der Waals surface area (Å²) < 4.78 is 10.4. The minimum Gasteiger partial charge on any atom is -0.420 e. The largest absolute Gasteiger partial charge is 0.420 e. The Morgan fingerprint density at radius 2 is 2.20 bits per heavy atom. The third-order valence-electron chi connectivity index (χ3n) is 2.17. The van der Waals surface area contributed by atoms with Crippen molar-refractivity contribution in [2.24, 2.45) is 0 Å². The van der Waals surface area contributed by atoms with E-state index in [1.807, 2.05) is 30.3 Å². The van der Waals surface area contributed by atoms with Gasteiger partial charge in [-0.1, -0.05) is 30.3 Å². The van der Waals surface area contributed by atoms with Crippen LogP contribution in [0.15, 0.2) is 30.3 Å². The first-order valence-corrected chi connectivity index (χ1v) is 4.94. The average molecular weight is 207 g/mol. The van der Waals surface area contributed by atoms with E-state index < -0.39 is 12.4 Å². The number of benzene rings is 1. The van der Waals surface area contributed by atoms with E-state index in [4.69, 9.17) is 9.47 Å². The number of nitrogens with one attached hydrogen (secondary N) is 1. The van der Waals surface area contributed by atoms with Crippen molar-refractivity contribution < 1.29 is 14.3 Å². The zero-order valence-corrected chi connectivity index (χ0v) is 8.31. The fourth-order valence-electron chi connectivity index (χ4n) is 1.39. The van der Waals surface area contributed by atoms with Crippen molar-refractivity contribution in [2.45, 2.75) is 19.3 Å². The molecule has 4 nitrogen and oxygen atoms in total. The second kappa shape index (κ2) is 4.79. The monoisotopic (exact) mass is 207 g/mol. The molecule has 1 aromatic carbocycles. The Morgan fingerprint density at radius 1 is 1.40 bits per heavy atom. The molecule has 0 spiro atoms. The maximum Gasteiger partial charge on any atom is 0.409 e. The number of carbonyl (C=O) groups is 1. The highest BCUT2D eigenvalue weighted by Gasteiger charge is 2.19. The number of carbonyl (C=O) groups excluding carboxylic acids is 1. The Balaban J connectivity index is 1.80. The summed E-state index contributed by atoms with van der Waals surface area (Å²) in [5.74, 6) is 0. The van der Waals surface area contributed by atoms with Crippen LogP contribution in [-0.2, 0) is 16.1 Å². The molecule has 0 aromatic heterocycles. The van der Waals surface area contributed by atoms with Crippen molar-refractivity contribution >= 4 is 6.09 Å². The van der Waals surface area contributed by atoms with E-state index in [2.05, 4.69) is 5.32 Å². The fraction of sp³-hybridized carbons (Fsp3) is 0.364. The molecule has 1 atom stereocenters. The van der Waals surface area contributed by atoms with Gasteiger partial charge in [0.05, 0.1) is 6.61 Å². The van der Waals surface area contributed by atoms with E-state index in [1.165, 1.54) is 0 Å². The lowest BCUT2D eigenvalue weighted by atomic mass is 10.2. The number of ether oxygens (including phenoxy) is 2. The van der Waals surface area contributed by atoms with Crippen molar-refractivity contribution in [3.63, 3.8) is 0 Å². The molecule has 0 bridgehead atoms. The molecule has 1 aromatic rings. The van der Waals surface area contributed by atoms with Crippen LogP contribution in [0.25, 0.3) is 0 Å². The minimum absolute atomic E-state index is 0.403. The van der Waals surface area contributed by atoms with E-state index in [1.54, 1.807) is 0 Å². The molecule has 1 N–H and O–H groups in total. The topological polar surface area (TPSA) is 47.6 Å². The van der Waals surface area contributed by atoms with Gasteiger partial charge >= 0.3 is 6.09 Å². The van der Waals surface area contributed by atoms with Gasteiger partial charge in [0.15, 0.2) is 0 Å². The molecule has 0 radical (unpaired) electrons. The normalized spacial score (nSPS) is 20.5. The van der Waals surface area contributed by atoms with Crippen molar-refractivity contribution in [1.82, 2.24) is 5.32 Å². The van der Waals surface area contributed by atoms with Crippen LogP contribution < -0.4 is 5.32 Å². The lowest BCUT2D eigenvalue weighted by Crippen LogP contribution is -2.38. The van der Waals surface area contributed by atoms with E-state index in [-0.39, 0.29) is 0 Å². The molecule has 1 heterocycles. The van der Waals surface area contributed by atoms with Crippen LogP contribution >= 0.6 is 0 Å². The summed E-state index contributed by atoms with van der Waals surface area (Å²) in [5.41, 5.74) is 1.08. The molecule has 80 valence electrons. The molecule has 15 heavy (non-hydrogen) atoms. The Kier molecular flexibility index (Phi) is 3.19. The van der Waals surface area contributed by atoms with Gasteiger partial charge in [-0.2, -0.15) is 0 Å². The van der Waals surface area contributed by atoms with Crippen LogP contribution in [0.3, 0.4) is 0 Å². The summed E-state index contributed by atoms with van der Waals surface area (Å²) >= 11 is 0. The number of cyclic esters (lactones) is 1. The van der Waals surface area contributed by atoms with Crippen molar-refractivity contribution in [2.75, 3.05) is 6.54 Å². The molecule has 0 aliphatic carbocycles. The molecule has 1 amide bonds. The molecule has 1 fully saturated rings. The number of hydrogen-bond donors (Lipinski definition) is 1. The third kappa shape index (κ3) is 2.95. The summed E-state index contributed by atoms with van der Waals surface area (Å²) in [6.45, 7) is 1.08. The SMILES string of the molecule is O=C1NCCC(OCc2ccccc2)O1. The highest BCUT2D eigenvalue weighted by molar-refractivity contribution is 5.67. The maximum atomic E-state index is 10.9. The molecule has 1 saturated heterocycles. The zero-order chi connectivity index (χ0) is 10.5. The summed E-state index contributed by atoms with van der Waals surface area (Å²) in [7, 11) is 0. The van der Waals surface area contributed by atoms with Crippen molar-refractivity contribution in [1.29, 1.82) is 0 Å². The molecular weight excluding hydrogens is 194 g/mol. The highest BCUT2D eigenvalue weighted by atomic mass is 16.7. The van der Waals surface area contributed by atoms with E-state index >= 15 is 0 Å². The summed E-state index contributed by atoms with van der Waals surface area (Å²) in [6.07, 6.45) is -0.128. The summed E-state index contributed by atoms with van der Waals surface area (Å²) in [5, 5.41) is 2.57. The number of rotatable bonds is 3. The van der Waals surface area contributed by atoms with Gasteiger partial charge in [0.1, 0.15) is 0 Å². The van der Waals surface area contributed by atoms with Gasteiger partial charge < -0.3 is 14.8 Å². The predicted molar refractivity (Wildman–Crippen MR) is 54.1 cm³/mol. The van der Waals surface area contributed by atoms with Crippen LogP contribution in [0.1, 0.15) is 12.0 Å². The fourth-order valence-corrected chi connectivity index (χ4v) is 1.39. The summed E-state index contributed by atoms with van der Waals surface area (Å²) in [6, 6.07) is 9.81. The van der Waals surface area contributed by atoms with Crippen LogP contribution in [0.4, 0.5) is 4.79 Å². The molecule has 0 saturated carbocycles. The van der Waals surface area contributed by atoms with Gasteiger partial charge in [0.25, 0.3) is 0 Å². The van der Waals surface area contributed by atoms with Crippen molar-refractivity contribution in [3.05, 3.63) is 35.9 Å². The smallest absolute Gasteiger partial charge is 0.409 e. The van der Waals surface area contributed by atoms with E-state index in [0.29, 0.717) is 19.6 Å². The Labute approximate surface area is 88.2 Å². The Bertz CT molecular complexity index is 326. The van der Waals surface area contributed by atoms with Gasteiger partial charge in [0.2, 0.25) is 6.29 Å². The maximum absolute atomic E-state index is 10.9. The van der Waals surface area contributed by atoms with E-state index in [0.717, 1.165) is 5.56 Å². The second-order valence-electron chi connectivity index (χ2n) is 3.35. The number of alkyl carbamates (subject to hydrolysis) is 1. The van der Waals surface area contributed by atoms with Gasteiger partial charge in [-0.3, -0.25) is 0 Å². The molecule has 2 rings (SSSR count). The molecule has 1 aliphatic heterocycles. The Hall–Kier alpha value is -1.55. The average Bonchev–Trinajstić information content (AvgIpc) is 2.28. The number of hydrogen-bond acceptors (Lipinski definition) is 3. The van der Waals surface area contributed by atoms with Crippen molar-refractivity contribution in [3.8, 4) is 0 Å². The second-order valence-corrected chi connectivity index (χ2v) is 3.35. The number of amides is 1. The van der Waals surface area contributed by atoms with Gasteiger partial charge in [-0.05, 0) is 5.56 Å². The van der Waals surface area contributed by atoms with Gasteiger partial charge in [-0.15, -0.1) is 0 Å². The Morgan fingerprint density at radius 3 is 2.93 bits per heavy atom. The van der Waals surface area contributed by atoms with Crippen LogP contribution in [0.2, 0.25) is 0 Å². The molecule has 1 aliphatic rings. The zero-order valence-electron chi connectivity index (χ0n) is 8.31. The lowest BCUT2D eigenvalue weighted by Gasteiger charge is -2.23. The highest BCUT2D eigenvalue weighted by Crippen LogP contribution is 2.09. The quantitative estimate of drug-likeness (QED) is 0.820. The van der Waals surface area contributed by atoms with Gasteiger partial charge in [-0.25, -0.2) is 4.79 Å². The first-order chi connectivity index (χ1) is 7.34. The van der Waals surface area contributed by atoms with E-state index in [9.17, 15) is 4.79 Å². The molecular formula is C11H13NO3. The summed E-state index contributed by atoms with van der Waals surface area (Å²) in [4.78, 5) is 10.9. The lowest BCUT2D eigenvalue weighted by molar-refractivity contribution is -0.124. The minimum atomic E-state index is -0.418. The molecule has 1 unspecified atom stereocenters. The third-order valence-corrected chi connectivity index (χ3v) is 2.17. The molecule has 4 heteroatoms. The first kappa shape index (κ1) is 9.98. The predicted octanol–water partition coefficient (Wildman–Crippen LogP) is 1.66. The van der Waals surface area contributed by atoms with Crippen LogP contribution in [0.5, 0.6) is 0 Å². The van der Waals surface area contributed by atoms with Crippen LogP contribution in [-0.4, -0.2) is 18.9 Å². The standard InChI is InChI=1S/C11H13NO3/c13-11-12-7-6-10(15-11)14-8-9-4-2-1-3-5-9/h1-5,10H,6-8H2,(H,12,13). The first-order valence-electron chi connectivity index (χ1n) is 4.94. The van der Waals surface area contributed by atoms with Gasteiger partial charge in [0, 0.05) is 13.0 Å². The van der Waals surface area contributed by atoms with Crippen LogP contribution in [0, 0.1) is 0 Å².